The quantitative estimate of drug-likeness (QED) is 0.581. The van der Waals surface area contributed by atoms with Crippen molar-refractivity contribution in [3.8, 4) is 0 Å². The predicted octanol–water partition coefficient (Wildman–Crippen LogP) is 5.13. The maximum Gasteiger partial charge on any atom is 0.260 e. The van der Waals surface area contributed by atoms with E-state index in [1.807, 2.05) is 24.0 Å². The van der Waals surface area contributed by atoms with E-state index in [0.29, 0.717) is 6.54 Å². The van der Waals surface area contributed by atoms with Crippen LogP contribution in [0.4, 0.5) is 5.13 Å². The molecule has 0 atom stereocenters. The molecule has 0 N–H and O–H groups in total. The molecule has 1 amide bonds. The number of hydrogen-bond acceptors (Lipinski definition) is 4. The summed E-state index contributed by atoms with van der Waals surface area (Å²) in [5.41, 5.74) is 6.30. The van der Waals surface area contributed by atoms with E-state index < -0.39 is 0 Å². The monoisotopic (exact) mass is 395 g/mol. The fourth-order valence-corrected chi connectivity index (χ4v) is 4.67. The molecule has 3 rings (SSSR count). The normalized spacial score (nSPS) is 11.4. The van der Waals surface area contributed by atoms with Crippen molar-refractivity contribution in [2.75, 3.05) is 32.1 Å². The molecule has 3 aromatic rings. The van der Waals surface area contributed by atoms with E-state index in [1.165, 1.54) is 11.1 Å². The van der Waals surface area contributed by atoms with E-state index in [9.17, 15) is 4.79 Å². The molecule has 28 heavy (non-hydrogen) atoms. The largest absolute Gasteiger partial charge is 0.309 e. The fourth-order valence-electron chi connectivity index (χ4n) is 3.50. The van der Waals surface area contributed by atoms with Gasteiger partial charge in [-0.15, -0.1) is 0 Å². The topological polar surface area (TPSA) is 36.4 Å². The third-order valence-corrected chi connectivity index (χ3v) is 5.92. The highest BCUT2D eigenvalue weighted by molar-refractivity contribution is 7.22. The second-order valence-corrected chi connectivity index (χ2v) is 8.87. The molecule has 0 aliphatic heterocycles. The summed E-state index contributed by atoms with van der Waals surface area (Å²) in [5.74, 6) is 0.0321. The average Bonchev–Trinajstić information content (AvgIpc) is 3.02. The van der Waals surface area contributed by atoms with Crippen LogP contribution < -0.4 is 4.90 Å². The number of thiazole rings is 1. The highest BCUT2D eigenvalue weighted by Gasteiger charge is 2.23. The molecule has 1 aromatic heterocycles. The maximum atomic E-state index is 13.5. The van der Waals surface area contributed by atoms with Gasteiger partial charge in [-0.1, -0.05) is 35.1 Å². The molecule has 0 radical (unpaired) electrons. The Bertz CT molecular complexity index is 1010. The molecule has 148 valence electrons. The molecule has 4 nitrogen and oxygen atoms in total. The molecule has 0 saturated heterocycles. The summed E-state index contributed by atoms with van der Waals surface area (Å²) >= 11 is 1.60. The van der Waals surface area contributed by atoms with Crippen LogP contribution in [-0.4, -0.2) is 43.0 Å². The van der Waals surface area contributed by atoms with Crippen LogP contribution in [0.1, 0.15) is 39.0 Å². The van der Waals surface area contributed by atoms with Crippen molar-refractivity contribution < 1.29 is 4.79 Å². The fraction of sp³-hybridized carbons (Fsp3) is 0.391. The number of aryl methyl sites for hydroxylation is 4. The van der Waals surface area contributed by atoms with Crippen LogP contribution in [0.15, 0.2) is 30.3 Å². The van der Waals surface area contributed by atoms with Gasteiger partial charge in [-0.05, 0) is 83.6 Å². The highest BCUT2D eigenvalue weighted by Crippen LogP contribution is 2.32. The Morgan fingerprint density at radius 2 is 1.68 bits per heavy atom. The van der Waals surface area contributed by atoms with E-state index in [2.05, 4.69) is 58.0 Å². The molecule has 0 fully saturated rings. The zero-order valence-corrected chi connectivity index (χ0v) is 18.5. The highest BCUT2D eigenvalue weighted by atomic mass is 32.1. The predicted molar refractivity (Wildman–Crippen MR) is 120 cm³/mol. The van der Waals surface area contributed by atoms with Gasteiger partial charge < -0.3 is 4.90 Å². The second-order valence-electron chi connectivity index (χ2n) is 7.86. The van der Waals surface area contributed by atoms with Crippen molar-refractivity contribution in [1.82, 2.24) is 9.88 Å². The smallest absolute Gasteiger partial charge is 0.260 e. The first kappa shape index (κ1) is 20.5. The first-order chi connectivity index (χ1) is 13.3. The maximum absolute atomic E-state index is 13.5. The van der Waals surface area contributed by atoms with Crippen LogP contribution in [0, 0.1) is 27.7 Å². The number of benzene rings is 2. The molecular weight excluding hydrogens is 366 g/mol. The molecule has 0 aliphatic carbocycles. The Morgan fingerprint density at radius 1 is 0.964 bits per heavy atom. The summed E-state index contributed by atoms with van der Waals surface area (Å²) in [6, 6.07) is 10.3. The van der Waals surface area contributed by atoms with Gasteiger partial charge in [0.25, 0.3) is 5.91 Å². The Labute approximate surface area is 171 Å². The van der Waals surface area contributed by atoms with Crippen molar-refractivity contribution in [3.63, 3.8) is 0 Å². The lowest BCUT2D eigenvalue weighted by Gasteiger charge is -2.22. The molecule has 0 unspecified atom stereocenters. The average molecular weight is 396 g/mol. The van der Waals surface area contributed by atoms with Crippen LogP contribution in [-0.2, 0) is 0 Å². The van der Waals surface area contributed by atoms with Gasteiger partial charge >= 0.3 is 0 Å². The van der Waals surface area contributed by atoms with Crippen LogP contribution in [0.25, 0.3) is 10.2 Å². The molecular formula is C23H29N3OS. The van der Waals surface area contributed by atoms with E-state index in [1.54, 1.807) is 11.3 Å². The van der Waals surface area contributed by atoms with E-state index in [4.69, 9.17) is 4.98 Å². The lowest BCUT2D eigenvalue weighted by atomic mass is 10.0. The minimum absolute atomic E-state index is 0.0321. The summed E-state index contributed by atoms with van der Waals surface area (Å²) in [6.45, 7) is 9.82. The number of hydrogen-bond donors (Lipinski definition) is 0. The lowest BCUT2D eigenvalue weighted by Crippen LogP contribution is -2.33. The van der Waals surface area contributed by atoms with Crippen LogP contribution >= 0.6 is 11.3 Å². The molecule has 2 aromatic carbocycles. The number of aromatic nitrogens is 1. The minimum Gasteiger partial charge on any atom is -0.309 e. The Hall–Kier alpha value is -2.24. The van der Waals surface area contributed by atoms with Crippen molar-refractivity contribution in [3.05, 3.63) is 58.1 Å². The molecule has 1 heterocycles. The van der Waals surface area contributed by atoms with Crippen molar-refractivity contribution in [2.24, 2.45) is 0 Å². The summed E-state index contributed by atoms with van der Waals surface area (Å²) in [6.07, 6.45) is 0.900. The van der Waals surface area contributed by atoms with Gasteiger partial charge in [-0.25, -0.2) is 4.98 Å². The molecule has 0 spiro atoms. The Morgan fingerprint density at radius 3 is 2.36 bits per heavy atom. The molecule has 5 heteroatoms. The minimum atomic E-state index is 0.0321. The summed E-state index contributed by atoms with van der Waals surface area (Å²) < 4.78 is 1.14. The number of carbonyl (C=O) groups excluding carboxylic acids is 1. The first-order valence-electron chi connectivity index (χ1n) is 9.68. The lowest BCUT2D eigenvalue weighted by molar-refractivity contribution is 0.0985. The van der Waals surface area contributed by atoms with Gasteiger partial charge in [-0.3, -0.25) is 9.69 Å². The van der Waals surface area contributed by atoms with E-state index in [0.717, 1.165) is 45.0 Å². The molecule has 0 saturated carbocycles. The van der Waals surface area contributed by atoms with Gasteiger partial charge in [0.05, 0.1) is 10.2 Å². The zero-order valence-electron chi connectivity index (χ0n) is 17.7. The summed E-state index contributed by atoms with van der Waals surface area (Å²) in [5, 5.41) is 0.785. The van der Waals surface area contributed by atoms with Crippen molar-refractivity contribution in [2.45, 2.75) is 34.1 Å². The number of anilines is 1. The molecule has 0 bridgehead atoms. The van der Waals surface area contributed by atoms with Gasteiger partial charge in [0.1, 0.15) is 0 Å². The van der Waals surface area contributed by atoms with E-state index >= 15 is 0 Å². The molecule has 0 aliphatic rings. The van der Waals surface area contributed by atoms with Crippen molar-refractivity contribution in [1.29, 1.82) is 0 Å². The van der Waals surface area contributed by atoms with Crippen LogP contribution in [0.5, 0.6) is 0 Å². The standard InChI is InChI=1S/C23H29N3OS/c1-15-8-9-19(17(3)12-15)22(27)26(11-7-10-25(5)6)23-24-21-18(4)13-16(2)14-20(21)28-23/h8-9,12-14H,7,10-11H2,1-6H3. The van der Waals surface area contributed by atoms with Crippen LogP contribution in [0.3, 0.4) is 0 Å². The second kappa shape index (κ2) is 8.41. The first-order valence-corrected chi connectivity index (χ1v) is 10.5. The third kappa shape index (κ3) is 4.42. The third-order valence-electron chi connectivity index (χ3n) is 4.89. The number of fused-ring (bicyclic) bond motifs is 1. The summed E-state index contributed by atoms with van der Waals surface area (Å²) in [4.78, 5) is 22.3. The zero-order chi connectivity index (χ0) is 20.4. The summed E-state index contributed by atoms with van der Waals surface area (Å²) in [7, 11) is 4.11. The van der Waals surface area contributed by atoms with Gasteiger partial charge in [-0.2, -0.15) is 0 Å². The van der Waals surface area contributed by atoms with Gasteiger partial charge in [0, 0.05) is 12.1 Å². The van der Waals surface area contributed by atoms with Gasteiger partial charge in [0.15, 0.2) is 5.13 Å². The SMILES string of the molecule is Cc1ccc(C(=O)N(CCCN(C)C)c2nc3c(C)cc(C)cc3s2)c(C)c1. The number of amides is 1. The Kier molecular flexibility index (Phi) is 6.16. The number of nitrogens with zero attached hydrogens (tertiary/aromatic N) is 3. The van der Waals surface area contributed by atoms with Crippen molar-refractivity contribution >= 4 is 32.6 Å². The Balaban J connectivity index is 2.01. The van der Waals surface area contributed by atoms with Crippen LogP contribution in [0.2, 0.25) is 0 Å². The number of rotatable bonds is 6. The van der Waals surface area contributed by atoms with E-state index in [-0.39, 0.29) is 5.91 Å². The number of carbonyl (C=O) groups is 1. The van der Waals surface area contributed by atoms with Gasteiger partial charge in [0.2, 0.25) is 0 Å².